The molecule has 1 amide bonds. The molecule has 0 aromatic heterocycles. The van der Waals surface area contributed by atoms with Crippen LogP contribution in [0, 0.1) is 0 Å². The summed E-state index contributed by atoms with van der Waals surface area (Å²) in [5, 5.41) is 2.76. The summed E-state index contributed by atoms with van der Waals surface area (Å²) in [5.41, 5.74) is 0.290. The normalized spacial score (nSPS) is 14.9. The van der Waals surface area contributed by atoms with Crippen molar-refractivity contribution >= 4 is 39.2 Å². The molecule has 0 spiro atoms. The van der Waals surface area contributed by atoms with Gasteiger partial charge in [0.2, 0.25) is 10.0 Å². The Balaban J connectivity index is 1.69. The second-order valence-electron chi connectivity index (χ2n) is 7.41. The van der Waals surface area contributed by atoms with E-state index >= 15 is 0 Å². The van der Waals surface area contributed by atoms with Gasteiger partial charge in [0.1, 0.15) is 4.90 Å². The van der Waals surface area contributed by atoms with E-state index in [1.807, 2.05) is 0 Å². The molecule has 0 saturated heterocycles. The van der Waals surface area contributed by atoms with Crippen LogP contribution in [-0.4, -0.2) is 44.3 Å². The number of carbonyl (C=O) groups excluding carboxylic acids is 2. The first-order valence-corrected chi connectivity index (χ1v) is 11.9. The maximum Gasteiger partial charge on any atom is 0.340 e. The van der Waals surface area contributed by atoms with Crippen molar-refractivity contribution in [3.05, 3.63) is 59.1 Å². The van der Waals surface area contributed by atoms with Crippen molar-refractivity contribution in [1.29, 1.82) is 0 Å². The fraction of sp³-hybridized carbons (Fsp3) is 0.364. The monoisotopic (exact) mass is 464 g/mol. The van der Waals surface area contributed by atoms with Crippen LogP contribution in [0.2, 0.25) is 5.02 Å². The second-order valence-corrected chi connectivity index (χ2v) is 9.79. The minimum absolute atomic E-state index is 0.00820. The Bertz CT molecular complexity index is 1050. The Morgan fingerprint density at radius 2 is 1.71 bits per heavy atom. The minimum atomic E-state index is -3.80. The summed E-state index contributed by atoms with van der Waals surface area (Å²) in [6.07, 6.45) is 4.76. The van der Waals surface area contributed by atoms with Crippen molar-refractivity contribution < 1.29 is 22.7 Å². The molecular formula is C22H25ClN2O5S. The maximum atomic E-state index is 13.2. The molecule has 3 rings (SSSR count). The molecule has 1 fully saturated rings. The molecule has 1 N–H and O–H groups in total. The number of hydrogen-bond acceptors (Lipinski definition) is 5. The Labute approximate surface area is 187 Å². The SMILES string of the molecule is CN(C1CCCCC1)S(=O)(=O)c1ccccc1NC(=O)COC(=O)c1ccccc1Cl. The van der Waals surface area contributed by atoms with Crippen molar-refractivity contribution in [2.45, 2.75) is 43.0 Å². The molecule has 1 aliphatic rings. The van der Waals surface area contributed by atoms with E-state index in [0.29, 0.717) is 0 Å². The molecule has 0 aliphatic heterocycles. The van der Waals surface area contributed by atoms with Gasteiger partial charge in [-0.1, -0.05) is 55.1 Å². The van der Waals surface area contributed by atoms with Gasteiger partial charge in [-0.25, -0.2) is 13.2 Å². The van der Waals surface area contributed by atoms with Crippen molar-refractivity contribution in [3.63, 3.8) is 0 Å². The minimum Gasteiger partial charge on any atom is -0.452 e. The van der Waals surface area contributed by atoms with Crippen LogP contribution in [0.25, 0.3) is 0 Å². The molecule has 166 valence electrons. The lowest BCUT2D eigenvalue weighted by molar-refractivity contribution is -0.119. The number of nitrogens with zero attached hydrogens (tertiary/aromatic N) is 1. The lowest BCUT2D eigenvalue weighted by Gasteiger charge is -2.30. The van der Waals surface area contributed by atoms with Gasteiger partial charge in [-0.05, 0) is 37.1 Å². The van der Waals surface area contributed by atoms with Gasteiger partial charge in [0, 0.05) is 13.1 Å². The highest BCUT2D eigenvalue weighted by Crippen LogP contribution is 2.29. The van der Waals surface area contributed by atoms with Gasteiger partial charge in [0.25, 0.3) is 5.91 Å². The van der Waals surface area contributed by atoms with Crippen LogP contribution in [0.3, 0.4) is 0 Å². The van der Waals surface area contributed by atoms with Crippen LogP contribution in [-0.2, 0) is 19.6 Å². The summed E-state index contributed by atoms with van der Waals surface area (Å²) in [4.78, 5) is 24.5. The summed E-state index contributed by atoms with van der Waals surface area (Å²) in [5.74, 6) is -1.39. The van der Waals surface area contributed by atoms with E-state index in [1.54, 1.807) is 37.4 Å². The molecule has 0 unspecified atom stereocenters. The largest absolute Gasteiger partial charge is 0.452 e. The predicted octanol–water partition coefficient (Wildman–Crippen LogP) is 4.09. The number of carbonyl (C=O) groups is 2. The highest BCUT2D eigenvalue weighted by molar-refractivity contribution is 7.89. The smallest absolute Gasteiger partial charge is 0.340 e. The molecule has 9 heteroatoms. The number of halogens is 1. The molecule has 1 saturated carbocycles. The fourth-order valence-electron chi connectivity index (χ4n) is 3.61. The van der Waals surface area contributed by atoms with Gasteiger partial charge in [0.15, 0.2) is 6.61 Å². The highest BCUT2D eigenvalue weighted by Gasteiger charge is 2.31. The Morgan fingerprint density at radius 1 is 1.06 bits per heavy atom. The highest BCUT2D eigenvalue weighted by atomic mass is 35.5. The molecule has 7 nitrogen and oxygen atoms in total. The summed E-state index contributed by atoms with van der Waals surface area (Å²) in [6, 6.07) is 12.5. The first-order valence-electron chi connectivity index (χ1n) is 10.1. The lowest BCUT2D eigenvalue weighted by Crippen LogP contribution is -2.38. The number of para-hydroxylation sites is 1. The van der Waals surface area contributed by atoms with E-state index in [-0.39, 0.29) is 27.2 Å². The number of benzene rings is 2. The van der Waals surface area contributed by atoms with Crippen molar-refractivity contribution in [1.82, 2.24) is 4.31 Å². The third kappa shape index (κ3) is 5.64. The van der Waals surface area contributed by atoms with Crippen LogP contribution in [0.5, 0.6) is 0 Å². The van der Waals surface area contributed by atoms with E-state index in [4.69, 9.17) is 16.3 Å². The van der Waals surface area contributed by atoms with Crippen LogP contribution in [0.15, 0.2) is 53.4 Å². The van der Waals surface area contributed by atoms with Gasteiger partial charge < -0.3 is 10.1 Å². The van der Waals surface area contributed by atoms with Crippen LogP contribution in [0.4, 0.5) is 5.69 Å². The average molecular weight is 465 g/mol. The molecule has 31 heavy (non-hydrogen) atoms. The number of esters is 1. The van der Waals surface area contributed by atoms with Gasteiger partial charge in [-0.15, -0.1) is 0 Å². The molecule has 0 bridgehead atoms. The Kier molecular flexibility index (Phi) is 7.69. The number of sulfonamides is 1. The Morgan fingerprint density at radius 3 is 2.42 bits per heavy atom. The van der Waals surface area contributed by atoms with Gasteiger partial charge >= 0.3 is 5.97 Å². The zero-order valence-corrected chi connectivity index (χ0v) is 18.8. The summed E-state index contributed by atoms with van der Waals surface area (Å²) >= 11 is 5.96. The van der Waals surface area contributed by atoms with Gasteiger partial charge in [-0.2, -0.15) is 4.31 Å². The quantitative estimate of drug-likeness (QED) is 0.623. The first kappa shape index (κ1) is 23.2. The number of nitrogens with one attached hydrogen (secondary N) is 1. The zero-order chi connectivity index (χ0) is 22.4. The van der Waals surface area contributed by atoms with Crippen molar-refractivity contribution in [2.75, 3.05) is 19.0 Å². The molecule has 1 aliphatic carbocycles. The predicted molar refractivity (Wildman–Crippen MR) is 119 cm³/mol. The maximum absolute atomic E-state index is 13.2. The van der Waals surface area contributed by atoms with Gasteiger partial charge in [-0.3, -0.25) is 4.79 Å². The fourth-order valence-corrected chi connectivity index (χ4v) is 5.39. The zero-order valence-electron chi connectivity index (χ0n) is 17.2. The third-order valence-electron chi connectivity index (χ3n) is 5.34. The number of amides is 1. The van der Waals surface area contributed by atoms with Gasteiger partial charge in [0.05, 0.1) is 16.3 Å². The van der Waals surface area contributed by atoms with Crippen LogP contribution >= 0.6 is 11.6 Å². The number of ether oxygens (including phenoxy) is 1. The number of hydrogen-bond donors (Lipinski definition) is 1. The van der Waals surface area contributed by atoms with E-state index in [9.17, 15) is 18.0 Å². The summed E-state index contributed by atoms with van der Waals surface area (Å²) in [7, 11) is -2.22. The molecule has 0 heterocycles. The molecule has 2 aromatic rings. The average Bonchev–Trinajstić information content (AvgIpc) is 2.78. The summed E-state index contributed by atoms with van der Waals surface area (Å²) in [6.45, 7) is -0.573. The molecule has 0 radical (unpaired) electrons. The second kappa shape index (κ2) is 10.3. The Hall–Kier alpha value is -2.42. The van der Waals surface area contributed by atoms with Crippen LogP contribution < -0.4 is 5.32 Å². The van der Waals surface area contributed by atoms with E-state index in [2.05, 4.69) is 5.32 Å². The van der Waals surface area contributed by atoms with Crippen molar-refractivity contribution in [3.8, 4) is 0 Å². The number of anilines is 1. The first-order chi connectivity index (χ1) is 14.8. The van der Waals surface area contributed by atoms with E-state index in [1.165, 1.54) is 22.5 Å². The standard InChI is InChI=1S/C22H25ClN2O5S/c1-25(16-9-3-2-4-10-16)31(28,29)20-14-8-7-13-19(20)24-21(26)15-30-22(27)17-11-5-6-12-18(17)23/h5-8,11-14,16H,2-4,9-10,15H2,1H3,(H,24,26). The molecule has 0 atom stereocenters. The summed E-state index contributed by atoms with van der Waals surface area (Å²) < 4.78 is 32.8. The number of rotatable bonds is 7. The lowest BCUT2D eigenvalue weighted by atomic mass is 9.96. The van der Waals surface area contributed by atoms with E-state index < -0.39 is 28.5 Å². The molecular weight excluding hydrogens is 440 g/mol. The van der Waals surface area contributed by atoms with Crippen molar-refractivity contribution in [2.24, 2.45) is 0 Å². The van der Waals surface area contributed by atoms with Crippen LogP contribution in [0.1, 0.15) is 42.5 Å². The third-order valence-corrected chi connectivity index (χ3v) is 7.63. The topological polar surface area (TPSA) is 92.8 Å². The van der Waals surface area contributed by atoms with E-state index in [0.717, 1.165) is 32.1 Å². The molecule has 2 aromatic carbocycles.